The van der Waals surface area contributed by atoms with E-state index in [-0.39, 0.29) is 6.04 Å². The lowest BCUT2D eigenvalue weighted by Crippen LogP contribution is -2.40. The molecule has 108 valence electrons. The number of ketones is 1. The SMILES string of the molecule is Cc1cc(C)c(C(=O)C(=O)NC2CCCCC2)c(C)c1. The van der Waals surface area contributed by atoms with E-state index in [1.165, 1.54) is 6.42 Å². The number of carbonyl (C=O) groups is 2. The number of carbonyl (C=O) groups excluding carboxylic acids is 2. The molecule has 0 atom stereocenters. The molecule has 1 amide bonds. The van der Waals surface area contributed by atoms with E-state index in [0.29, 0.717) is 5.56 Å². The van der Waals surface area contributed by atoms with Gasteiger partial charge >= 0.3 is 0 Å². The fourth-order valence-corrected chi connectivity index (χ4v) is 3.15. The molecule has 2 rings (SSSR count). The highest BCUT2D eigenvalue weighted by molar-refractivity contribution is 6.43. The Hall–Kier alpha value is -1.64. The molecule has 0 radical (unpaired) electrons. The van der Waals surface area contributed by atoms with Crippen molar-refractivity contribution in [2.45, 2.75) is 58.9 Å². The third-order valence-electron chi connectivity index (χ3n) is 4.05. The van der Waals surface area contributed by atoms with E-state index < -0.39 is 11.7 Å². The zero-order valence-electron chi connectivity index (χ0n) is 12.6. The molecule has 1 N–H and O–H groups in total. The van der Waals surface area contributed by atoms with Crippen LogP contribution in [0.3, 0.4) is 0 Å². The van der Waals surface area contributed by atoms with Crippen LogP contribution in [0.1, 0.15) is 59.2 Å². The van der Waals surface area contributed by atoms with Gasteiger partial charge in [0, 0.05) is 11.6 Å². The summed E-state index contributed by atoms with van der Waals surface area (Å²) in [5.41, 5.74) is 3.44. The fourth-order valence-electron chi connectivity index (χ4n) is 3.15. The number of benzene rings is 1. The van der Waals surface area contributed by atoms with Crippen LogP contribution in [0, 0.1) is 20.8 Å². The van der Waals surface area contributed by atoms with Gasteiger partial charge < -0.3 is 5.32 Å². The minimum Gasteiger partial charge on any atom is -0.346 e. The number of amides is 1. The van der Waals surface area contributed by atoms with Crippen LogP contribution >= 0.6 is 0 Å². The molecule has 1 aromatic carbocycles. The maximum atomic E-state index is 12.4. The predicted octanol–water partition coefficient (Wildman–Crippen LogP) is 3.24. The summed E-state index contributed by atoms with van der Waals surface area (Å²) in [6, 6.07) is 4.08. The topological polar surface area (TPSA) is 46.2 Å². The van der Waals surface area contributed by atoms with Crippen molar-refractivity contribution in [3.8, 4) is 0 Å². The summed E-state index contributed by atoms with van der Waals surface area (Å²) in [5.74, 6) is -0.850. The van der Waals surface area contributed by atoms with Crippen molar-refractivity contribution in [3.05, 3.63) is 34.4 Å². The van der Waals surface area contributed by atoms with Crippen molar-refractivity contribution in [2.24, 2.45) is 0 Å². The highest BCUT2D eigenvalue weighted by atomic mass is 16.2. The summed E-state index contributed by atoms with van der Waals surface area (Å²) in [6.45, 7) is 5.78. The number of nitrogens with one attached hydrogen (secondary N) is 1. The molecule has 20 heavy (non-hydrogen) atoms. The second-order valence-electron chi connectivity index (χ2n) is 5.91. The van der Waals surface area contributed by atoms with Gasteiger partial charge in [-0.25, -0.2) is 0 Å². The smallest absolute Gasteiger partial charge is 0.292 e. The Morgan fingerprint density at radius 2 is 1.55 bits per heavy atom. The molecule has 3 heteroatoms. The van der Waals surface area contributed by atoms with Crippen LogP contribution in [0.15, 0.2) is 12.1 Å². The van der Waals surface area contributed by atoms with E-state index in [2.05, 4.69) is 5.32 Å². The molecule has 0 aliphatic heterocycles. The molecular formula is C17H23NO2. The molecule has 0 unspecified atom stereocenters. The van der Waals surface area contributed by atoms with E-state index in [1.807, 2.05) is 32.9 Å². The molecule has 1 aromatic rings. The highest BCUT2D eigenvalue weighted by Crippen LogP contribution is 2.19. The summed E-state index contributed by atoms with van der Waals surface area (Å²) in [7, 11) is 0. The van der Waals surface area contributed by atoms with E-state index in [1.54, 1.807) is 0 Å². The van der Waals surface area contributed by atoms with Gasteiger partial charge in [-0.1, -0.05) is 37.0 Å². The molecule has 1 saturated carbocycles. The first-order valence-electron chi connectivity index (χ1n) is 7.42. The Kier molecular flexibility index (Phi) is 4.58. The van der Waals surface area contributed by atoms with Crippen molar-refractivity contribution >= 4 is 11.7 Å². The third kappa shape index (κ3) is 3.27. The van der Waals surface area contributed by atoms with Crippen LogP contribution in [0.2, 0.25) is 0 Å². The van der Waals surface area contributed by atoms with Gasteiger partial charge in [0.1, 0.15) is 0 Å². The van der Waals surface area contributed by atoms with Crippen molar-refractivity contribution in [2.75, 3.05) is 0 Å². The van der Waals surface area contributed by atoms with Gasteiger partial charge in [-0.3, -0.25) is 9.59 Å². The Morgan fingerprint density at radius 1 is 1.00 bits per heavy atom. The molecule has 1 aliphatic carbocycles. The zero-order chi connectivity index (χ0) is 14.7. The van der Waals surface area contributed by atoms with Crippen molar-refractivity contribution < 1.29 is 9.59 Å². The second kappa shape index (κ2) is 6.21. The van der Waals surface area contributed by atoms with Gasteiger partial charge in [0.2, 0.25) is 0 Å². The average Bonchev–Trinajstić information content (AvgIpc) is 2.38. The number of aryl methyl sites for hydroxylation is 3. The summed E-state index contributed by atoms with van der Waals surface area (Å²) in [4.78, 5) is 24.5. The first-order chi connectivity index (χ1) is 9.49. The molecule has 1 fully saturated rings. The second-order valence-corrected chi connectivity index (χ2v) is 5.91. The average molecular weight is 273 g/mol. The molecule has 3 nitrogen and oxygen atoms in total. The van der Waals surface area contributed by atoms with Crippen molar-refractivity contribution in [1.29, 1.82) is 0 Å². The summed E-state index contributed by atoms with van der Waals surface area (Å²) >= 11 is 0. The molecule has 0 saturated heterocycles. The Balaban J connectivity index is 2.12. The molecule has 0 heterocycles. The van der Waals surface area contributed by atoms with Gasteiger partial charge in [0.15, 0.2) is 0 Å². The monoisotopic (exact) mass is 273 g/mol. The molecular weight excluding hydrogens is 250 g/mol. The first-order valence-corrected chi connectivity index (χ1v) is 7.42. The van der Waals surface area contributed by atoms with E-state index in [4.69, 9.17) is 0 Å². The van der Waals surface area contributed by atoms with Gasteiger partial charge in [-0.15, -0.1) is 0 Å². The number of hydrogen-bond acceptors (Lipinski definition) is 2. The summed E-state index contributed by atoms with van der Waals surface area (Å²) in [6.07, 6.45) is 5.50. The fraction of sp³-hybridized carbons (Fsp3) is 0.529. The Labute approximate surface area is 120 Å². The van der Waals surface area contributed by atoms with Gasteiger partial charge in [0.05, 0.1) is 0 Å². The number of Topliss-reactive ketones (excluding diaryl/α,β-unsaturated/α-hetero) is 1. The minimum atomic E-state index is -0.452. The quantitative estimate of drug-likeness (QED) is 0.679. The summed E-state index contributed by atoms with van der Waals surface area (Å²) in [5, 5.41) is 2.90. The zero-order valence-corrected chi connectivity index (χ0v) is 12.6. The van der Waals surface area contributed by atoms with Crippen molar-refractivity contribution in [1.82, 2.24) is 5.32 Å². The maximum Gasteiger partial charge on any atom is 0.292 e. The lowest BCUT2D eigenvalue weighted by atomic mass is 9.94. The van der Waals surface area contributed by atoms with Crippen LogP contribution in [-0.4, -0.2) is 17.7 Å². The van der Waals surface area contributed by atoms with E-state index in [9.17, 15) is 9.59 Å². The first kappa shape index (κ1) is 14.8. The Bertz CT molecular complexity index is 505. The third-order valence-corrected chi connectivity index (χ3v) is 4.05. The van der Waals surface area contributed by atoms with Crippen LogP contribution in [0.4, 0.5) is 0 Å². The van der Waals surface area contributed by atoms with Crippen LogP contribution in [0.5, 0.6) is 0 Å². The summed E-state index contributed by atoms with van der Waals surface area (Å²) < 4.78 is 0. The maximum absolute atomic E-state index is 12.4. The largest absolute Gasteiger partial charge is 0.346 e. The standard InChI is InChI=1S/C17H23NO2/c1-11-9-12(2)15(13(3)10-11)16(19)17(20)18-14-7-5-4-6-8-14/h9-10,14H,4-8H2,1-3H3,(H,18,20). The van der Waals surface area contributed by atoms with Gasteiger partial charge in [-0.2, -0.15) is 0 Å². The number of hydrogen-bond donors (Lipinski definition) is 1. The highest BCUT2D eigenvalue weighted by Gasteiger charge is 2.23. The molecule has 0 spiro atoms. The predicted molar refractivity (Wildman–Crippen MR) is 80.0 cm³/mol. The van der Waals surface area contributed by atoms with E-state index in [0.717, 1.165) is 42.4 Å². The van der Waals surface area contributed by atoms with Crippen molar-refractivity contribution in [3.63, 3.8) is 0 Å². The van der Waals surface area contributed by atoms with Crippen LogP contribution in [0.25, 0.3) is 0 Å². The van der Waals surface area contributed by atoms with Crippen LogP contribution < -0.4 is 5.32 Å². The molecule has 1 aliphatic rings. The van der Waals surface area contributed by atoms with Gasteiger partial charge in [0.25, 0.3) is 11.7 Å². The normalized spacial score (nSPS) is 15.9. The molecule has 0 bridgehead atoms. The lowest BCUT2D eigenvalue weighted by molar-refractivity contribution is -0.117. The minimum absolute atomic E-state index is 0.172. The van der Waals surface area contributed by atoms with E-state index >= 15 is 0 Å². The lowest BCUT2D eigenvalue weighted by Gasteiger charge is -2.22. The number of rotatable bonds is 3. The van der Waals surface area contributed by atoms with Crippen LogP contribution in [-0.2, 0) is 4.79 Å². The van der Waals surface area contributed by atoms with Gasteiger partial charge in [-0.05, 0) is 44.7 Å². The molecule has 0 aromatic heterocycles. The Morgan fingerprint density at radius 3 is 2.10 bits per heavy atom.